The number of carbonyl (C=O) groups is 1. The van der Waals surface area contributed by atoms with Crippen LogP contribution < -0.4 is 10.6 Å². The van der Waals surface area contributed by atoms with Crippen LogP contribution in [0.4, 0.5) is 0 Å². The lowest BCUT2D eigenvalue weighted by molar-refractivity contribution is 0.111. The van der Waals surface area contributed by atoms with E-state index in [1.807, 2.05) is 6.07 Å². The molecule has 0 unspecified atom stereocenters. The third-order valence-electron chi connectivity index (χ3n) is 2.37. The number of hydrogen-bond donors (Lipinski definition) is 2. The van der Waals surface area contributed by atoms with Crippen LogP contribution in [0.3, 0.4) is 0 Å². The van der Waals surface area contributed by atoms with E-state index in [1.165, 1.54) is 0 Å². The van der Waals surface area contributed by atoms with Gasteiger partial charge in [-0.25, -0.2) is 0 Å². The number of piperazine rings is 1. The first-order chi connectivity index (χ1) is 6.90. The lowest BCUT2D eigenvalue weighted by atomic mass is 10.1. The van der Waals surface area contributed by atoms with Crippen molar-refractivity contribution in [1.82, 2.24) is 15.6 Å². The van der Waals surface area contributed by atoms with E-state index in [0.717, 1.165) is 31.5 Å². The minimum atomic E-state index is 0.317. The highest BCUT2D eigenvalue weighted by Crippen LogP contribution is 2.12. The average Bonchev–Trinajstić information content (AvgIpc) is 2.30. The zero-order valence-corrected chi connectivity index (χ0v) is 7.86. The van der Waals surface area contributed by atoms with Crippen LogP contribution >= 0.6 is 0 Å². The molecule has 1 atom stereocenters. The second-order valence-electron chi connectivity index (χ2n) is 3.35. The Bertz CT molecular complexity index is 304. The predicted molar refractivity (Wildman–Crippen MR) is 53.2 cm³/mol. The third-order valence-corrected chi connectivity index (χ3v) is 2.37. The molecule has 0 saturated carbocycles. The third kappa shape index (κ3) is 1.97. The van der Waals surface area contributed by atoms with Crippen LogP contribution in [0.15, 0.2) is 18.3 Å². The van der Waals surface area contributed by atoms with Gasteiger partial charge in [0.2, 0.25) is 0 Å². The van der Waals surface area contributed by atoms with Gasteiger partial charge in [-0.2, -0.15) is 0 Å². The van der Waals surface area contributed by atoms with Crippen LogP contribution in [0.2, 0.25) is 0 Å². The van der Waals surface area contributed by atoms with Gasteiger partial charge in [0.1, 0.15) is 5.69 Å². The summed E-state index contributed by atoms with van der Waals surface area (Å²) in [7, 11) is 0. The molecule has 1 saturated heterocycles. The Labute approximate surface area is 82.7 Å². The maximum atomic E-state index is 10.4. The number of nitrogens with one attached hydrogen (secondary N) is 2. The molecule has 0 amide bonds. The van der Waals surface area contributed by atoms with Gasteiger partial charge in [0, 0.05) is 31.9 Å². The summed E-state index contributed by atoms with van der Waals surface area (Å²) in [5, 5.41) is 6.68. The molecule has 4 heteroatoms. The highest BCUT2D eigenvalue weighted by Gasteiger charge is 2.13. The molecule has 2 rings (SSSR count). The molecular formula is C10H13N3O. The van der Waals surface area contributed by atoms with Crippen LogP contribution in [-0.4, -0.2) is 30.9 Å². The first kappa shape index (κ1) is 9.30. The molecule has 1 aliphatic rings. The van der Waals surface area contributed by atoms with Crippen LogP contribution in [-0.2, 0) is 0 Å². The van der Waals surface area contributed by atoms with Crippen molar-refractivity contribution in [2.45, 2.75) is 6.04 Å². The predicted octanol–water partition coefficient (Wildman–Crippen LogP) is 0.128. The highest BCUT2D eigenvalue weighted by atomic mass is 16.1. The van der Waals surface area contributed by atoms with E-state index in [1.54, 1.807) is 12.3 Å². The van der Waals surface area contributed by atoms with Gasteiger partial charge < -0.3 is 10.6 Å². The molecule has 0 bridgehead atoms. The molecule has 74 valence electrons. The van der Waals surface area contributed by atoms with Crippen molar-refractivity contribution >= 4 is 6.29 Å². The van der Waals surface area contributed by atoms with Crippen LogP contribution in [0, 0.1) is 0 Å². The van der Waals surface area contributed by atoms with Gasteiger partial charge >= 0.3 is 0 Å². The Balaban J connectivity index is 2.11. The van der Waals surface area contributed by atoms with E-state index in [4.69, 9.17) is 0 Å². The van der Waals surface area contributed by atoms with Crippen molar-refractivity contribution in [2.24, 2.45) is 0 Å². The van der Waals surface area contributed by atoms with E-state index in [2.05, 4.69) is 15.6 Å². The van der Waals surface area contributed by atoms with E-state index in [-0.39, 0.29) is 0 Å². The van der Waals surface area contributed by atoms with Crippen LogP contribution in [0.25, 0.3) is 0 Å². The Morgan fingerprint density at radius 1 is 1.43 bits per heavy atom. The Morgan fingerprint density at radius 3 is 2.93 bits per heavy atom. The molecule has 14 heavy (non-hydrogen) atoms. The van der Waals surface area contributed by atoms with Gasteiger partial charge in [0.05, 0.1) is 0 Å². The van der Waals surface area contributed by atoms with Crippen LogP contribution in [0.5, 0.6) is 0 Å². The van der Waals surface area contributed by atoms with Crippen molar-refractivity contribution in [3.05, 3.63) is 29.6 Å². The van der Waals surface area contributed by atoms with Gasteiger partial charge in [0.15, 0.2) is 6.29 Å². The number of rotatable bonds is 2. The molecule has 1 aromatic heterocycles. The first-order valence-electron chi connectivity index (χ1n) is 4.75. The molecule has 1 aromatic rings. The molecule has 2 N–H and O–H groups in total. The van der Waals surface area contributed by atoms with Crippen molar-refractivity contribution in [3.8, 4) is 0 Å². The number of nitrogens with zero attached hydrogens (tertiary/aromatic N) is 1. The summed E-state index contributed by atoms with van der Waals surface area (Å²) in [6, 6.07) is 4.01. The van der Waals surface area contributed by atoms with E-state index >= 15 is 0 Å². The molecule has 2 heterocycles. The summed E-state index contributed by atoms with van der Waals surface area (Å²) in [5.74, 6) is 0. The fourth-order valence-electron chi connectivity index (χ4n) is 1.58. The smallest absolute Gasteiger partial charge is 0.168 e. The van der Waals surface area contributed by atoms with Gasteiger partial charge in [-0.05, 0) is 11.6 Å². The number of aldehydes is 1. The number of aromatic nitrogens is 1. The summed E-state index contributed by atoms with van der Waals surface area (Å²) < 4.78 is 0. The lowest BCUT2D eigenvalue weighted by Gasteiger charge is -2.24. The van der Waals surface area contributed by atoms with Crippen molar-refractivity contribution in [3.63, 3.8) is 0 Å². The minimum absolute atomic E-state index is 0.317. The van der Waals surface area contributed by atoms with Gasteiger partial charge in [-0.15, -0.1) is 0 Å². The Kier molecular flexibility index (Phi) is 2.86. The van der Waals surface area contributed by atoms with E-state index in [0.29, 0.717) is 11.7 Å². The maximum Gasteiger partial charge on any atom is 0.168 e. The standard InChI is InChI=1S/C10H13N3O/c14-7-9-2-1-8(5-13-9)10-6-11-3-4-12-10/h1-2,5,7,10-12H,3-4,6H2/t10-/m0/s1. The fraction of sp³-hybridized carbons (Fsp3) is 0.400. The molecule has 1 aliphatic heterocycles. The first-order valence-corrected chi connectivity index (χ1v) is 4.75. The molecule has 0 radical (unpaired) electrons. The summed E-state index contributed by atoms with van der Waals surface area (Å²) in [4.78, 5) is 14.4. The topological polar surface area (TPSA) is 54.0 Å². The average molecular weight is 191 g/mol. The van der Waals surface area contributed by atoms with Gasteiger partial charge in [-0.3, -0.25) is 9.78 Å². The van der Waals surface area contributed by atoms with E-state index < -0.39 is 0 Å². The molecule has 0 spiro atoms. The number of pyridine rings is 1. The minimum Gasteiger partial charge on any atom is -0.314 e. The van der Waals surface area contributed by atoms with Gasteiger partial charge in [0.25, 0.3) is 0 Å². The summed E-state index contributed by atoms with van der Waals surface area (Å²) >= 11 is 0. The Hall–Kier alpha value is -1.26. The Morgan fingerprint density at radius 2 is 2.36 bits per heavy atom. The summed E-state index contributed by atoms with van der Waals surface area (Å²) in [6.07, 6.45) is 2.52. The van der Waals surface area contributed by atoms with Crippen molar-refractivity contribution in [2.75, 3.05) is 19.6 Å². The second-order valence-corrected chi connectivity index (χ2v) is 3.35. The summed E-state index contributed by atoms with van der Waals surface area (Å²) in [5.41, 5.74) is 1.61. The zero-order valence-electron chi connectivity index (χ0n) is 7.86. The zero-order chi connectivity index (χ0) is 9.80. The molecule has 0 aromatic carbocycles. The molecule has 4 nitrogen and oxygen atoms in total. The van der Waals surface area contributed by atoms with E-state index in [9.17, 15) is 4.79 Å². The molecular weight excluding hydrogens is 178 g/mol. The SMILES string of the molecule is O=Cc1ccc([C@@H]2CNCCN2)cn1. The largest absolute Gasteiger partial charge is 0.314 e. The number of carbonyl (C=O) groups excluding carboxylic acids is 1. The summed E-state index contributed by atoms with van der Waals surface area (Å²) in [6.45, 7) is 2.90. The van der Waals surface area contributed by atoms with Crippen molar-refractivity contribution in [1.29, 1.82) is 0 Å². The number of hydrogen-bond acceptors (Lipinski definition) is 4. The quantitative estimate of drug-likeness (QED) is 0.652. The highest BCUT2D eigenvalue weighted by molar-refractivity contribution is 5.71. The van der Waals surface area contributed by atoms with Crippen LogP contribution in [0.1, 0.15) is 22.1 Å². The molecule has 0 aliphatic carbocycles. The fourth-order valence-corrected chi connectivity index (χ4v) is 1.58. The van der Waals surface area contributed by atoms with Crippen molar-refractivity contribution < 1.29 is 4.79 Å². The molecule has 1 fully saturated rings. The second kappa shape index (κ2) is 4.30. The maximum absolute atomic E-state index is 10.4. The lowest BCUT2D eigenvalue weighted by Crippen LogP contribution is -2.42. The normalized spacial score (nSPS) is 21.9. The van der Waals surface area contributed by atoms with Gasteiger partial charge in [-0.1, -0.05) is 6.07 Å². The monoisotopic (exact) mass is 191 g/mol.